The third-order valence-electron chi connectivity index (χ3n) is 3.41. The zero-order chi connectivity index (χ0) is 14.9. The number of ether oxygens (including phenoxy) is 1. The van der Waals surface area contributed by atoms with Gasteiger partial charge in [0.25, 0.3) is 0 Å². The van der Waals surface area contributed by atoms with Crippen LogP contribution in [-0.2, 0) is 9.53 Å². The van der Waals surface area contributed by atoms with Gasteiger partial charge in [-0.05, 0) is 31.4 Å². The third kappa shape index (κ3) is 15.0. The van der Waals surface area contributed by atoms with Gasteiger partial charge < -0.3 is 4.74 Å². The Hall–Kier alpha value is -1.01. The first-order chi connectivity index (χ1) is 9.81. The number of hydrogen-bond acceptors (Lipinski definition) is 2. The maximum absolute atomic E-state index is 10.9. The van der Waals surface area contributed by atoms with E-state index in [0.717, 1.165) is 12.8 Å². The van der Waals surface area contributed by atoms with Gasteiger partial charge in [0, 0.05) is 6.42 Å². The van der Waals surface area contributed by atoms with Gasteiger partial charge in [0.15, 0.2) is 0 Å². The van der Waals surface area contributed by atoms with Crippen molar-refractivity contribution in [1.29, 1.82) is 0 Å². The van der Waals surface area contributed by atoms with Gasteiger partial charge in [0.1, 0.15) is 0 Å². The molecule has 0 radical (unpaired) electrons. The van der Waals surface area contributed by atoms with Crippen LogP contribution in [0.4, 0.5) is 0 Å². The van der Waals surface area contributed by atoms with Gasteiger partial charge in [-0.2, -0.15) is 0 Å². The molecule has 0 rings (SSSR count). The molecule has 0 saturated heterocycles. The lowest BCUT2D eigenvalue weighted by molar-refractivity contribution is -0.140. The fourth-order valence-corrected chi connectivity index (χ4v) is 2.10. The summed E-state index contributed by atoms with van der Waals surface area (Å²) in [6, 6.07) is 0. The minimum atomic E-state index is -0.151. The smallest absolute Gasteiger partial charge is 0.305 e. The zero-order valence-electron chi connectivity index (χ0n) is 13.5. The van der Waals surface area contributed by atoms with Crippen molar-refractivity contribution in [2.75, 3.05) is 7.11 Å². The molecule has 0 amide bonds. The average Bonchev–Trinajstić information content (AvgIpc) is 2.47. The summed E-state index contributed by atoms with van der Waals surface area (Å²) in [6.45, 7) is 2.26. The van der Waals surface area contributed by atoms with Crippen molar-refractivity contribution in [2.24, 2.45) is 0 Å². The minimum absolute atomic E-state index is 0.151. The fraction of sp³-hybridized carbons (Fsp3) is 0.778. The first kappa shape index (κ1) is 19.0. The monoisotopic (exact) mass is 280 g/mol. The van der Waals surface area contributed by atoms with Crippen molar-refractivity contribution in [1.82, 2.24) is 0 Å². The number of esters is 1. The number of carbonyl (C=O) groups is 1. The van der Waals surface area contributed by atoms with Crippen LogP contribution in [-0.4, -0.2) is 13.1 Å². The maximum atomic E-state index is 10.9. The minimum Gasteiger partial charge on any atom is -0.469 e. The Morgan fingerprint density at radius 2 is 1.45 bits per heavy atom. The molecule has 20 heavy (non-hydrogen) atoms. The van der Waals surface area contributed by atoms with E-state index in [0.29, 0.717) is 6.42 Å². The molecule has 2 nitrogen and oxygen atoms in total. The molecule has 0 saturated carbocycles. The summed E-state index contributed by atoms with van der Waals surface area (Å²) in [4.78, 5) is 10.9. The summed E-state index contributed by atoms with van der Waals surface area (Å²) >= 11 is 0. The van der Waals surface area contributed by atoms with E-state index in [1.165, 1.54) is 64.9 Å². The normalized spacial score (nSPS) is 9.90. The molecule has 2 heteroatoms. The van der Waals surface area contributed by atoms with Crippen LogP contribution in [0.15, 0.2) is 17.9 Å². The molecule has 0 spiro atoms. The van der Waals surface area contributed by atoms with Crippen molar-refractivity contribution in [2.45, 2.75) is 84.0 Å². The van der Waals surface area contributed by atoms with E-state index in [2.05, 4.69) is 23.5 Å². The predicted octanol–water partition coefficient (Wildman–Crippen LogP) is 5.57. The SMILES string of the molecule is CCCCCCCCCCCC=C=CCCC(=O)OC. The number of unbranched alkanes of at least 4 members (excludes halogenated alkanes) is 9. The second kappa shape index (κ2) is 16.0. The van der Waals surface area contributed by atoms with Crippen LogP contribution in [0.1, 0.15) is 84.0 Å². The van der Waals surface area contributed by atoms with Gasteiger partial charge in [0.05, 0.1) is 7.11 Å². The molecule has 0 aliphatic rings. The highest BCUT2D eigenvalue weighted by Gasteiger charge is 1.95. The standard InChI is InChI=1S/C18H32O2/c1-3-4-5-6-7-8-9-10-11-12-13-14-15-16-17-18(19)20-2/h13,15H,3-12,16-17H2,1-2H3. The molecule has 0 aromatic rings. The average molecular weight is 280 g/mol. The van der Waals surface area contributed by atoms with Crippen molar-refractivity contribution in [3.05, 3.63) is 17.9 Å². The van der Waals surface area contributed by atoms with Crippen molar-refractivity contribution < 1.29 is 9.53 Å². The summed E-state index contributed by atoms with van der Waals surface area (Å²) in [7, 11) is 1.42. The predicted molar refractivity (Wildman–Crippen MR) is 85.7 cm³/mol. The zero-order valence-corrected chi connectivity index (χ0v) is 13.5. The fourth-order valence-electron chi connectivity index (χ4n) is 2.10. The summed E-state index contributed by atoms with van der Waals surface area (Å²) in [6.07, 6.45) is 18.6. The van der Waals surface area contributed by atoms with Crippen LogP contribution >= 0.6 is 0 Å². The van der Waals surface area contributed by atoms with E-state index < -0.39 is 0 Å². The first-order valence-electron chi connectivity index (χ1n) is 8.27. The number of allylic oxidation sites excluding steroid dienone is 1. The maximum Gasteiger partial charge on any atom is 0.305 e. The highest BCUT2D eigenvalue weighted by molar-refractivity contribution is 5.69. The molecule has 0 N–H and O–H groups in total. The van der Waals surface area contributed by atoms with Crippen LogP contribution in [0.2, 0.25) is 0 Å². The van der Waals surface area contributed by atoms with E-state index in [1.54, 1.807) is 0 Å². The molecular weight excluding hydrogens is 248 g/mol. The van der Waals surface area contributed by atoms with Crippen LogP contribution < -0.4 is 0 Å². The number of rotatable bonds is 13. The lowest BCUT2D eigenvalue weighted by Gasteiger charge is -2.00. The van der Waals surface area contributed by atoms with Crippen LogP contribution in [0, 0.1) is 0 Å². The van der Waals surface area contributed by atoms with E-state index >= 15 is 0 Å². The highest BCUT2D eigenvalue weighted by Crippen LogP contribution is 2.10. The lowest BCUT2D eigenvalue weighted by atomic mass is 10.1. The molecule has 0 heterocycles. The van der Waals surface area contributed by atoms with Crippen molar-refractivity contribution in [3.63, 3.8) is 0 Å². The van der Waals surface area contributed by atoms with Crippen LogP contribution in [0.5, 0.6) is 0 Å². The molecule has 0 atom stereocenters. The Labute approximate surface area is 125 Å². The van der Waals surface area contributed by atoms with Crippen molar-refractivity contribution >= 4 is 5.97 Å². The van der Waals surface area contributed by atoms with Gasteiger partial charge >= 0.3 is 5.97 Å². The summed E-state index contributed by atoms with van der Waals surface area (Å²) in [5.74, 6) is -0.151. The van der Waals surface area contributed by atoms with E-state index in [9.17, 15) is 4.79 Å². The topological polar surface area (TPSA) is 26.3 Å². The number of hydrogen-bond donors (Lipinski definition) is 0. The van der Waals surface area contributed by atoms with E-state index in [4.69, 9.17) is 0 Å². The molecule has 0 aromatic carbocycles. The molecule has 0 fully saturated rings. The van der Waals surface area contributed by atoms with Gasteiger partial charge in [0.2, 0.25) is 0 Å². The van der Waals surface area contributed by atoms with Crippen LogP contribution in [0.3, 0.4) is 0 Å². The second-order valence-corrected chi connectivity index (χ2v) is 5.31. The molecule has 116 valence electrons. The molecule has 0 aromatic heterocycles. The summed E-state index contributed by atoms with van der Waals surface area (Å²) in [5, 5.41) is 0. The molecule has 0 aliphatic carbocycles. The molecule has 0 aliphatic heterocycles. The Morgan fingerprint density at radius 1 is 0.900 bits per heavy atom. The Kier molecular flexibility index (Phi) is 15.2. The Bertz CT molecular complexity index is 275. The number of carbonyl (C=O) groups excluding carboxylic acids is 1. The highest BCUT2D eigenvalue weighted by atomic mass is 16.5. The van der Waals surface area contributed by atoms with Gasteiger partial charge in [-0.25, -0.2) is 0 Å². The Balaban J connectivity index is 3.22. The van der Waals surface area contributed by atoms with Gasteiger partial charge in [-0.15, -0.1) is 5.73 Å². The van der Waals surface area contributed by atoms with Gasteiger partial charge in [-0.3, -0.25) is 4.79 Å². The lowest BCUT2D eigenvalue weighted by Crippen LogP contribution is -1.97. The molecular formula is C18H32O2. The Morgan fingerprint density at radius 3 is 2.05 bits per heavy atom. The number of methoxy groups -OCH3 is 1. The quantitative estimate of drug-likeness (QED) is 0.250. The van der Waals surface area contributed by atoms with Gasteiger partial charge in [-0.1, -0.05) is 58.3 Å². The largest absolute Gasteiger partial charge is 0.469 e. The molecule has 0 bridgehead atoms. The summed E-state index contributed by atoms with van der Waals surface area (Å²) < 4.78 is 4.57. The third-order valence-corrected chi connectivity index (χ3v) is 3.41. The van der Waals surface area contributed by atoms with E-state index in [1.807, 2.05) is 6.08 Å². The second-order valence-electron chi connectivity index (χ2n) is 5.31. The first-order valence-corrected chi connectivity index (χ1v) is 8.27. The van der Waals surface area contributed by atoms with E-state index in [-0.39, 0.29) is 5.97 Å². The van der Waals surface area contributed by atoms with Crippen molar-refractivity contribution in [3.8, 4) is 0 Å². The molecule has 0 unspecified atom stereocenters. The summed E-state index contributed by atoms with van der Waals surface area (Å²) in [5.41, 5.74) is 3.13. The van der Waals surface area contributed by atoms with Crippen LogP contribution in [0.25, 0.3) is 0 Å².